The van der Waals surface area contributed by atoms with Crippen LogP contribution in [0.15, 0.2) is 71.3 Å². The quantitative estimate of drug-likeness (QED) is 0.479. The monoisotopic (exact) mass is 461 g/mol. The van der Waals surface area contributed by atoms with Crippen LogP contribution in [0.1, 0.15) is 27.2 Å². The molecule has 1 saturated heterocycles. The number of nitrogens with one attached hydrogen (secondary N) is 3. The summed E-state index contributed by atoms with van der Waals surface area (Å²) in [7, 11) is 2.16. The highest BCUT2D eigenvalue weighted by molar-refractivity contribution is 6.02. The lowest BCUT2D eigenvalue weighted by atomic mass is 10.1. The number of furan rings is 1. The molecule has 2 heterocycles. The Balaban J connectivity index is 1.16. The topological polar surface area (TPSA) is 89.9 Å². The number of hydrogen-bond donors (Lipinski definition) is 3. The van der Waals surface area contributed by atoms with Crippen LogP contribution in [0.4, 0.5) is 10.5 Å². The van der Waals surface area contributed by atoms with Crippen molar-refractivity contribution >= 4 is 17.6 Å². The number of carbonyl (C=O) groups excluding carboxylic acids is 2. The number of hydrogen-bond acceptors (Lipinski definition) is 5. The second-order valence-corrected chi connectivity index (χ2v) is 8.56. The summed E-state index contributed by atoms with van der Waals surface area (Å²) in [5.41, 5.74) is 3.94. The van der Waals surface area contributed by atoms with E-state index < -0.39 is 0 Å². The lowest BCUT2D eigenvalue weighted by molar-refractivity contribution is 0.0996. The van der Waals surface area contributed by atoms with E-state index in [0.717, 1.165) is 43.9 Å². The predicted octanol–water partition coefficient (Wildman–Crippen LogP) is 3.28. The van der Waals surface area contributed by atoms with E-state index >= 15 is 0 Å². The average Bonchev–Trinajstić information content (AvgIpc) is 3.40. The molecule has 1 aliphatic heterocycles. The lowest BCUT2D eigenvalue weighted by Crippen LogP contribution is -2.43. The van der Waals surface area contributed by atoms with Gasteiger partial charge in [-0.25, -0.2) is 4.79 Å². The number of urea groups is 1. The van der Waals surface area contributed by atoms with Crippen LogP contribution in [0.25, 0.3) is 0 Å². The van der Waals surface area contributed by atoms with E-state index in [-0.39, 0.29) is 17.7 Å². The Kier molecular flexibility index (Phi) is 7.95. The van der Waals surface area contributed by atoms with E-state index in [1.807, 2.05) is 12.1 Å². The molecule has 178 valence electrons. The lowest BCUT2D eigenvalue weighted by Gasteiger charge is -2.32. The molecule has 8 nitrogen and oxygen atoms in total. The zero-order valence-corrected chi connectivity index (χ0v) is 19.4. The number of carbonyl (C=O) groups is 2. The minimum Gasteiger partial charge on any atom is -0.459 e. The largest absolute Gasteiger partial charge is 0.459 e. The molecule has 0 saturated carbocycles. The van der Waals surface area contributed by atoms with Crippen LogP contribution in [0.2, 0.25) is 0 Å². The highest BCUT2D eigenvalue weighted by Crippen LogP contribution is 2.12. The fourth-order valence-electron chi connectivity index (χ4n) is 3.76. The van der Waals surface area contributed by atoms with E-state index in [4.69, 9.17) is 4.42 Å². The van der Waals surface area contributed by atoms with Gasteiger partial charge in [0.25, 0.3) is 5.91 Å². The molecule has 3 aromatic rings. The normalized spacial score (nSPS) is 14.5. The molecule has 0 radical (unpaired) electrons. The maximum absolute atomic E-state index is 12.2. The Morgan fingerprint density at radius 2 is 1.41 bits per heavy atom. The molecule has 0 aliphatic carbocycles. The first-order chi connectivity index (χ1) is 16.5. The third kappa shape index (κ3) is 6.94. The first-order valence-electron chi connectivity index (χ1n) is 11.5. The van der Waals surface area contributed by atoms with Crippen molar-refractivity contribution < 1.29 is 14.0 Å². The van der Waals surface area contributed by atoms with Gasteiger partial charge in [0.15, 0.2) is 5.76 Å². The number of benzene rings is 2. The summed E-state index contributed by atoms with van der Waals surface area (Å²) in [4.78, 5) is 29.0. The van der Waals surface area contributed by atoms with Crippen molar-refractivity contribution in [1.82, 2.24) is 20.4 Å². The van der Waals surface area contributed by atoms with Gasteiger partial charge in [-0.15, -0.1) is 0 Å². The van der Waals surface area contributed by atoms with Gasteiger partial charge >= 0.3 is 6.03 Å². The molecule has 0 unspecified atom stereocenters. The minimum atomic E-state index is -0.303. The van der Waals surface area contributed by atoms with E-state index in [1.54, 1.807) is 24.3 Å². The highest BCUT2D eigenvalue weighted by atomic mass is 16.3. The summed E-state index contributed by atoms with van der Waals surface area (Å²) in [5.74, 6) is -0.0466. The SMILES string of the molecule is CN1CCN(Cc2ccc(CNC(=O)NCc3ccc(NC(=O)c4ccco4)cc3)cc2)CC1. The fraction of sp³-hybridized carbons (Fsp3) is 0.308. The van der Waals surface area contributed by atoms with E-state index in [0.29, 0.717) is 18.8 Å². The molecule has 3 N–H and O–H groups in total. The summed E-state index contributed by atoms with van der Waals surface area (Å²) in [5, 5.41) is 8.52. The molecule has 4 rings (SSSR count). The molecule has 0 spiro atoms. The molecule has 8 heteroatoms. The molecule has 1 aliphatic rings. The van der Waals surface area contributed by atoms with E-state index in [9.17, 15) is 9.59 Å². The number of amides is 3. The van der Waals surface area contributed by atoms with Gasteiger partial charge in [0.2, 0.25) is 0 Å². The Morgan fingerprint density at radius 1 is 0.824 bits per heavy atom. The highest BCUT2D eigenvalue weighted by Gasteiger charge is 2.13. The molecule has 3 amide bonds. The third-order valence-corrected chi connectivity index (χ3v) is 5.89. The van der Waals surface area contributed by atoms with Crippen molar-refractivity contribution in [3.05, 3.63) is 89.4 Å². The summed E-state index contributed by atoms with van der Waals surface area (Å²) < 4.78 is 5.08. The Bertz CT molecular complexity index is 1060. The van der Waals surface area contributed by atoms with E-state index in [2.05, 4.69) is 57.1 Å². The molecule has 0 bridgehead atoms. The number of likely N-dealkylation sites (N-methyl/N-ethyl adjacent to an activating group) is 1. The number of nitrogens with zero attached hydrogens (tertiary/aromatic N) is 2. The minimum absolute atomic E-state index is 0.225. The predicted molar refractivity (Wildman–Crippen MR) is 131 cm³/mol. The second kappa shape index (κ2) is 11.5. The van der Waals surface area contributed by atoms with Gasteiger partial charge in [0, 0.05) is 51.5 Å². The second-order valence-electron chi connectivity index (χ2n) is 8.56. The van der Waals surface area contributed by atoms with Crippen molar-refractivity contribution in [3.63, 3.8) is 0 Å². The van der Waals surface area contributed by atoms with Crippen LogP contribution in [-0.2, 0) is 19.6 Å². The van der Waals surface area contributed by atoms with Gasteiger partial charge in [-0.3, -0.25) is 9.69 Å². The van der Waals surface area contributed by atoms with Crippen LogP contribution in [0, 0.1) is 0 Å². The summed E-state index contributed by atoms with van der Waals surface area (Å²) in [6.07, 6.45) is 1.46. The molecular formula is C26H31N5O3. The molecule has 34 heavy (non-hydrogen) atoms. The van der Waals surface area contributed by atoms with Crippen molar-refractivity contribution in [3.8, 4) is 0 Å². The summed E-state index contributed by atoms with van der Waals surface area (Å²) >= 11 is 0. The van der Waals surface area contributed by atoms with Gasteiger partial charge in [-0.05, 0) is 48.0 Å². The van der Waals surface area contributed by atoms with Gasteiger partial charge in [0.05, 0.1) is 6.26 Å². The summed E-state index contributed by atoms with van der Waals surface area (Å²) in [6.45, 7) is 6.26. The fourth-order valence-corrected chi connectivity index (χ4v) is 3.76. The molecule has 0 atom stereocenters. The van der Waals surface area contributed by atoms with Crippen LogP contribution in [-0.4, -0.2) is 55.0 Å². The zero-order valence-electron chi connectivity index (χ0n) is 19.4. The van der Waals surface area contributed by atoms with E-state index in [1.165, 1.54) is 11.8 Å². The number of anilines is 1. The average molecular weight is 462 g/mol. The molecular weight excluding hydrogens is 430 g/mol. The zero-order chi connectivity index (χ0) is 23.8. The van der Waals surface area contributed by atoms with Crippen molar-refractivity contribution in [2.24, 2.45) is 0 Å². The first-order valence-corrected chi connectivity index (χ1v) is 11.5. The molecule has 1 aromatic heterocycles. The maximum atomic E-state index is 12.2. The van der Waals surface area contributed by atoms with Crippen LogP contribution < -0.4 is 16.0 Å². The van der Waals surface area contributed by atoms with Crippen molar-refractivity contribution in [2.45, 2.75) is 19.6 Å². The smallest absolute Gasteiger partial charge is 0.315 e. The van der Waals surface area contributed by atoms with Crippen molar-refractivity contribution in [1.29, 1.82) is 0 Å². The number of piperazine rings is 1. The Hall–Kier alpha value is -3.62. The van der Waals surface area contributed by atoms with Crippen molar-refractivity contribution in [2.75, 3.05) is 38.5 Å². The van der Waals surface area contributed by atoms with Crippen LogP contribution >= 0.6 is 0 Å². The van der Waals surface area contributed by atoms with Gasteiger partial charge in [0.1, 0.15) is 0 Å². The maximum Gasteiger partial charge on any atom is 0.315 e. The Morgan fingerprint density at radius 3 is 2.00 bits per heavy atom. The van der Waals surface area contributed by atoms with Crippen LogP contribution in [0.5, 0.6) is 0 Å². The Labute approximate surface area is 199 Å². The van der Waals surface area contributed by atoms with Crippen LogP contribution in [0.3, 0.4) is 0 Å². The standard InChI is InChI=1S/C26H31N5O3/c1-30-12-14-31(15-13-30)19-22-6-4-20(5-7-22)17-27-26(33)28-18-21-8-10-23(11-9-21)29-25(32)24-3-2-16-34-24/h2-11,16H,12-15,17-19H2,1H3,(H,29,32)(H2,27,28,33). The number of rotatable bonds is 8. The first kappa shape index (κ1) is 23.5. The third-order valence-electron chi connectivity index (χ3n) is 5.89. The summed E-state index contributed by atoms with van der Waals surface area (Å²) in [6, 6.07) is 18.8. The van der Waals surface area contributed by atoms with Gasteiger partial charge in [-0.1, -0.05) is 36.4 Å². The molecule has 1 fully saturated rings. The van der Waals surface area contributed by atoms with Gasteiger partial charge in [-0.2, -0.15) is 0 Å². The molecule has 2 aromatic carbocycles. The van der Waals surface area contributed by atoms with Gasteiger partial charge < -0.3 is 25.3 Å².